The van der Waals surface area contributed by atoms with Crippen molar-refractivity contribution in [2.45, 2.75) is 64.8 Å². The minimum absolute atomic E-state index is 0.0480. The molecule has 0 spiro atoms. The van der Waals surface area contributed by atoms with Gasteiger partial charge in [-0.05, 0) is 69.7 Å². The van der Waals surface area contributed by atoms with E-state index in [0.717, 1.165) is 24.9 Å². The first-order valence-electron chi connectivity index (χ1n) is 9.31. The number of amides is 2. The number of likely N-dealkylation sites (tertiary alicyclic amines) is 1. The Bertz CT molecular complexity index is 672. The maximum atomic E-state index is 12.7. The Morgan fingerprint density at radius 2 is 1.92 bits per heavy atom. The highest BCUT2D eigenvalue weighted by atomic mass is 16.4. The van der Waals surface area contributed by atoms with Crippen LogP contribution in [0.5, 0.6) is 0 Å². The molecule has 2 N–H and O–H groups in total. The van der Waals surface area contributed by atoms with Gasteiger partial charge in [-0.1, -0.05) is 0 Å². The molecule has 0 saturated carbocycles. The van der Waals surface area contributed by atoms with Crippen LogP contribution in [0.3, 0.4) is 0 Å². The lowest BCUT2D eigenvalue weighted by Crippen LogP contribution is -2.42. The quantitative estimate of drug-likeness (QED) is 0.728. The zero-order valence-corrected chi connectivity index (χ0v) is 15.6. The predicted octanol–water partition coefficient (Wildman–Crippen LogP) is 3.59. The van der Waals surface area contributed by atoms with E-state index in [-0.39, 0.29) is 24.3 Å². The number of carboxylic acid groups (broad SMARTS) is 1. The third-order valence-electron chi connectivity index (χ3n) is 4.86. The van der Waals surface area contributed by atoms with Crippen LogP contribution < -0.4 is 5.32 Å². The number of nitrogens with one attached hydrogen (secondary N) is 1. The minimum atomic E-state index is -0.843. The van der Waals surface area contributed by atoms with E-state index in [9.17, 15) is 14.4 Å². The Morgan fingerprint density at radius 3 is 2.58 bits per heavy atom. The van der Waals surface area contributed by atoms with E-state index in [1.165, 1.54) is 6.42 Å². The van der Waals surface area contributed by atoms with Crippen molar-refractivity contribution in [1.29, 1.82) is 0 Å². The van der Waals surface area contributed by atoms with Crippen LogP contribution in [0.15, 0.2) is 18.2 Å². The Hall–Kier alpha value is -2.37. The first-order chi connectivity index (χ1) is 12.4. The average Bonchev–Trinajstić information content (AvgIpc) is 2.60. The molecule has 1 aliphatic heterocycles. The number of anilines is 1. The number of hydrogen-bond donors (Lipinski definition) is 2. The van der Waals surface area contributed by atoms with Gasteiger partial charge < -0.3 is 15.3 Å². The molecule has 26 heavy (non-hydrogen) atoms. The van der Waals surface area contributed by atoms with Crippen molar-refractivity contribution in [1.82, 2.24) is 4.90 Å². The van der Waals surface area contributed by atoms with E-state index in [0.29, 0.717) is 30.5 Å². The fourth-order valence-corrected chi connectivity index (χ4v) is 3.28. The van der Waals surface area contributed by atoms with E-state index < -0.39 is 5.97 Å². The number of carbonyl (C=O) groups is 3. The van der Waals surface area contributed by atoms with Crippen molar-refractivity contribution in [2.75, 3.05) is 11.9 Å². The third-order valence-corrected chi connectivity index (χ3v) is 4.86. The van der Waals surface area contributed by atoms with Crippen LogP contribution in [-0.2, 0) is 9.59 Å². The summed E-state index contributed by atoms with van der Waals surface area (Å²) in [6.45, 7) is 4.76. The van der Waals surface area contributed by atoms with Crippen molar-refractivity contribution in [3.05, 3.63) is 29.3 Å². The summed E-state index contributed by atoms with van der Waals surface area (Å²) in [7, 11) is 0. The minimum Gasteiger partial charge on any atom is -0.481 e. The monoisotopic (exact) mass is 360 g/mol. The molecule has 2 rings (SSSR count). The second-order valence-electron chi connectivity index (χ2n) is 7.02. The molecule has 0 aromatic heterocycles. The van der Waals surface area contributed by atoms with Gasteiger partial charge in [0.15, 0.2) is 0 Å². The third kappa shape index (κ3) is 5.58. The van der Waals surface area contributed by atoms with Crippen molar-refractivity contribution in [3.8, 4) is 0 Å². The summed E-state index contributed by atoms with van der Waals surface area (Å²) in [5.41, 5.74) is 2.19. The molecule has 2 amide bonds. The maximum Gasteiger partial charge on any atom is 0.303 e. The van der Waals surface area contributed by atoms with Gasteiger partial charge in [0.05, 0.1) is 0 Å². The van der Waals surface area contributed by atoms with Crippen molar-refractivity contribution < 1.29 is 19.5 Å². The first-order valence-corrected chi connectivity index (χ1v) is 9.31. The van der Waals surface area contributed by atoms with Crippen LogP contribution in [0.4, 0.5) is 5.69 Å². The van der Waals surface area contributed by atoms with Gasteiger partial charge >= 0.3 is 5.97 Å². The van der Waals surface area contributed by atoms with E-state index >= 15 is 0 Å². The summed E-state index contributed by atoms with van der Waals surface area (Å²) in [4.78, 5) is 37.1. The number of hydrogen-bond acceptors (Lipinski definition) is 3. The number of nitrogens with zero attached hydrogens (tertiary/aromatic N) is 1. The first kappa shape index (κ1) is 19.9. The molecule has 1 unspecified atom stereocenters. The number of carbonyl (C=O) groups excluding carboxylic acids is 2. The number of aryl methyl sites for hydroxylation is 1. The normalized spacial score (nSPS) is 17.0. The number of rotatable bonds is 7. The van der Waals surface area contributed by atoms with E-state index in [1.807, 2.05) is 17.9 Å². The summed E-state index contributed by atoms with van der Waals surface area (Å²) in [6.07, 6.45) is 4.66. The molecular weight excluding hydrogens is 332 g/mol. The Morgan fingerprint density at radius 1 is 1.19 bits per heavy atom. The smallest absolute Gasteiger partial charge is 0.303 e. The molecule has 6 heteroatoms. The second kappa shape index (κ2) is 9.36. The summed E-state index contributed by atoms with van der Waals surface area (Å²) in [6, 6.07) is 5.62. The molecule has 1 fully saturated rings. The lowest BCUT2D eigenvalue weighted by molar-refractivity contribution is -0.137. The highest BCUT2D eigenvalue weighted by molar-refractivity contribution is 5.96. The zero-order chi connectivity index (χ0) is 19.1. The van der Waals surface area contributed by atoms with Crippen LogP contribution >= 0.6 is 0 Å². The number of piperidine rings is 1. The van der Waals surface area contributed by atoms with Gasteiger partial charge in [0.2, 0.25) is 5.91 Å². The van der Waals surface area contributed by atoms with Gasteiger partial charge in [0, 0.05) is 36.7 Å². The standard InChI is InChI=1S/C20H28N2O4/c1-14-13-16(20(26)22-12-6-5-7-15(22)2)10-11-17(14)21-18(23)8-3-4-9-19(24)25/h10-11,13,15H,3-9,12H2,1-2H3,(H,21,23)(H,24,25). The van der Waals surface area contributed by atoms with E-state index in [2.05, 4.69) is 12.2 Å². The van der Waals surface area contributed by atoms with Gasteiger partial charge in [-0.15, -0.1) is 0 Å². The molecule has 1 aliphatic rings. The molecule has 1 aromatic rings. The highest BCUT2D eigenvalue weighted by Gasteiger charge is 2.24. The topological polar surface area (TPSA) is 86.7 Å². The van der Waals surface area contributed by atoms with Crippen LogP contribution in [0.1, 0.15) is 67.8 Å². The molecular formula is C20H28N2O4. The Balaban J connectivity index is 1.93. The van der Waals surface area contributed by atoms with Crippen LogP contribution in [0.2, 0.25) is 0 Å². The molecule has 1 aromatic carbocycles. The summed E-state index contributed by atoms with van der Waals surface area (Å²) >= 11 is 0. The molecule has 1 saturated heterocycles. The maximum absolute atomic E-state index is 12.7. The van der Waals surface area contributed by atoms with Gasteiger partial charge in [-0.2, -0.15) is 0 Å². The largest absolute Gasteiger partial charge is 0.481 e. The number of carboxylic acids is 1. The summed E-state index contributed by atoms with van der Waals surface area (Å²) < 4.78 is 0. The summed E-state index contributed by atoms with van der Waals surface area (Å²) in [5.74, 6) is -0.932. The van der Waals surface area contributed by atoms with Gasteiger partial charge in [0.25, 0.3) is 5.91 Å². The van der Waals surface area contributed by atoms with Gasteiger partial charge in [-0.3, -0.25) is 14.4 Å². The van der Waals surface area contributed by atoms with Crippen LogP contribution in [0.25, 0.3) is 0 Å². The number of benzene rings is 1. The molecule has 0 radical (unpaired) electrons. The Labute approximate surface area is 154 Å². The molecule has 0 aliphatic carbocycles. The van der Waals surface area contributed by atoms with Crippen molar-refractivity contribution in [3.63, 3.8) is 0 Å². The average molecular weight is 360 g/mol. The van der Waals surface area contributed by atoms with Crippen molar-refractivity contribution in [2.24, 2.45) is 0 Å². The zero-order valence-electron chi connectivity index (χ0n) is 15.6. The second-order valence-corrected chi connectivity index (χ2v) is 7.02. The molecule has 0 bridgehead atoms. The SMILES string of the molecule is Cc1cc(C(=O)N2CCCCC2C)ccc1NC(=O)CCCCC(=O)O. The fourth-order valence-electron chi connectivity index (χ4n) is 3.28. The highest BCUT2D eigenvalue weighted by Crippen LogP contribution is 2.22. The van der Waals surface area contributed by atoms with E-state index in [4.69, 9.17) is 5.11 Å². The van der Waals surface area contributed by atoms with Crippen LogP contribution in [-0.4, -0.2) is 40.4 Å². The van der Waals surface area contributed by atoms with E-state index in [1.54, 1.807) is 12.1 Å². The molecule has 1 heterocycles. The summed E-state index contributed by atoms with van der Waals surface area (Å²) in [5, 5.41) is 11.4. The fraction of sp³-hybridized carbons (Fsp3) is 0.550. The lowest BCUT2D eigenvalue weighted by atomic mass is 10.0. The molecule has 6 nitrogen and oxygen atoms in total. The number of aliphatic carboxylic acids is 1. The lowest BCUT2D eigenvalue weighted by Gasteiger charge is -2.33. The van der Waals surface area contributed by atoms with Gasteiger partial charge in [0.1, 0.15) is 0 Å². The van der Waals surface area contributed by atoms with Crippen LogP contribution in [0, 0.1) is 6.92 Å². The molecule has 142 valence electrons. The molecule has 1 atom stereocenters. The van der Waals surface area contributed by atoms with Gasteiger partial charge in [-0.25, -0.2) is 0 Å². The number of unbranched alkanes of at least 4 members (excludes halogenated alkanes) is 1. The van der Waals surface area contributed by atoms with Crippen molar-refractivity contribution >= 4 is 23.5 Å². The predicted molar refractivity (Wildman–Crippen MR) is 100 cm³/mol. The Kier molecular flexibility index (Phi) is 7.18.